The third kappa shape index (κ3) is 1.96. The first-order valence-corrected chi connectivity index (χ1v) is 5.51. The minimum atomic E-state index is 0.372. The Morgan fingerprint density at radius 3 is 2.69 bits per heavy atom. The molecule has 3 N–H and O–H groups in total. The van der Waals surface area contributed by atoms with E-state index in [9.17, 15) is 0 Å². The molecule has 0 saturated carbocycles. The van der Waals surface area contributed by atoms with Gasteiger partial charge in [0.15, 0.2) is 5.15 Å². The Hall–Kier alpha value is -1.32. The van der Waals surface area contributed by atoms with E-state index in [1.807, 2.05) is 6.07 Å². The number of imidazole rings is 1. The second-order valence-electron chi connectivity index (χ2n) is 3.88. The topological polar surface area (TPSA) is 54.7 Å². The predicted molar refractivity (Wildman–Crippen MR) is 66.4 cm³/mol. The maximum atomic E-state index is 5.96. The molecule has 4 heteroatoms. The average Bonchev–Trinajstić information content (AvgIpc) is 2.59. The van der Waals surface area contributed by atoms with Crippen LogP contribution >= 0.6 is 11.6 Å². The summed E-state index contributed by atoms with van der Waals surface area (Å²) in [7, 11) is 0. The van der Waals surface area contributed by atoms with Gasteiger partial charge in [0.1, 0.15) is 5.82 Å². The number of hydrogen-bond donors (Lipinski definition) is 2. The number of hydrogen-bond acceptors (Lipinski definition) is 2. The van der Waals surface area contributed by atoms with Crippen molar-refractivity contribution >= 4 is 11.6 Å². The molecule has 0 bridgehead atoms. The zero-order valence-electron chi connectivity index (χ0n) is 9.34. The Bertz CT molecular complexity index is 517. The van der Waals surface area contributed by atoms with Crippen molar-refractivity contribution in [3.8, 4) is 11.4 Å². The predicted octanol–water partition coefficient (Wildman–Crippen LogP) is 2.81. The van der Waals surface area contributed by atoms with Gasteiger partial charge in [0, 0.05) is 12.1 Å². The SMILES string of the molecule is Cc1ccc(-c2nc(Cl)c(CN)[nH]2)c(C)c1. The van der Waals surface area contributed by atoms with E-state index < -0.39 is 0 Å². The normalized spacial score (nSPS) is 10.8. The van der Waals surface area contributed by atoms with Crippen LogP contribution in [0.25, 0.3) is 11.4 Å². The van der Waals surface area contributed by atoms with Gasteiger partial charge in [-0.15, -0.1) is 0 Å². The van der Waals surface area contributed by atoms with Crippen molar-refractivity contribution < 1.29 is 0 Å². The van der Waals surface area contributed by atoms with Gasteiger partial charge in [-0.3, -0.25) is 0 Å². The third-order valence-corrected chi connectivity index (χ3v) is 2.88. The molecule has 3 nitrogen and oxygen atoms in total. The highest BCUT2D eigenvalue weighted by atomic mass is 35.5. The van der Waals surface area contributed by atoms with E-state index in [0.717, 1.165) is 17.1 Å². The Kier molecular flexibility index (Phi) is 2.99. The maximum absolute atomic E-state index is 5.96. The monoisotopic (exact) mass is 235 g/mol. The van der Waals surface area contributed by atoms with E-state index in [4.69, 9.17) is 17.3 Å². The van der Waals surface area contributed by atoms with E-state index in [1.165, 1.54) is 11.1 Å². The molecule has 1 aromatic heterocycles. The second kappa shape index (κ2) is 4.28. The highest BCUT2D eigenvalue weighted by Gasteiger charge is 2.10. The third-order valence-electron chi connectivity index (χ3n) is 2.57. The molecule has 2 rings (SSSR count). The van der Waals surface area contributed by atoms with Crippen molar-refractivity contribution in [1.82, 2.24) is 9.97 Å². The second-order valence-corrected chi connectivity index (χ2v) is 4.24. The molecule has 2 aromatic rings. The van der Waals surface area contributed by atoms with Crippen LogP contribution in [0, 0.1) is 13.8 Å². The van der Waals surface area contributed by atoms with Gasteiger partial charge in [0.2, 0.25) is 0 Å². The fourth-order valence-corrected chi connectivity index (χ4v) is 1.94. The molecule has 0 radical (unpaired) electrons. The van der Waals surface area contributed by atoms with E-state index in [2.05, 4.69) is 35.9 Å². The molecule has 0 spiro atoms. The van der Waals surface area contributed by atoms with Crippen molar-refractivity contribution in [2.24, 2.45) is 5.73 Å². The number of aromatic nitrogens is 2. The van der Waals surface area contributed by atoms with Crippen molar-refractivity contribution in [3.05, 3.63) is 40.2 Å². The Morgan fingerprint density at radius 1 is 1.38 bits per heavy atom. The zero-order valence-corrected chi connectivity index (χ0v) is 10.1. The molecule has 84 valence electrons. The summed E-state index contributed by atoms with van der Waals surface area (Å²) in [6, 6.07) is 6.22. The van der Waals surface area contributed by atoms with Crippen LogP contribution in [0.1, 0.15) is 16.8 Å². The summed E-state index contributed by atoms with van der Waals surface area (Å²) in [5.74, 6) is 0.781. The summed E-state index contributed by atoms with van der Waals surface area (Å²) >= 11 is 5.96. The molecule has 0 saturated heterocycles. The number of H-pyrrole nitrogens is 1. The molecule has 0 atom stereocenters. The van der Waals surface area contributed by atoms with Crippen LogP contribution in [0.5, 0.6) is 0 Å². The molecule has 0 fully saturated rings. The van der Waals surface area contributed by atoms with Gasteiger partial charge in [-0.05, 0) is 19.4 Å². The summed E-state index contributed by atoms with van der Waals surface area (Å²) in [6.45, 7) is 4.49. The number of rotatable bonds is 2. The van der Waals surface area contributed by atoms with Crippen LogP contribution in [-0.2, 0) is 6.54 Å². The van der Waals surface area contributed by atoms with Crippen molar-refractivity contribution in [2.45, 2.75) is 20.4 Å². The number of benzene rings is 1. The lowest BCUT2D eigenvalue weighted by atomic mass is 10.1. The van der Waals surface area contributed by atoms with Gasteiger partial charge in [-0.2, -0.15) is 0 Å². The molecule has 0 amide bonds. The Labute approximate surface area is 99.7 Å². The molecular formula is C12H14ClN3. The largest absolute Gasteiger partial charge is 0.339 e. The summed E-state index contributed by atoms with van der Waals surface area (Å²) < 4.78 is 0. The van der Waals surface area contributed by atoms with Crippen LogP contribution in [0.2, 0.25) is 5.15 Å². The van der Waals surface area contributed by atoms with Gasteiger partial charge in [-0.25, -0.2) is 4.98 Å². The van der Waals surface area contributed by atoms with E-state index in [-0.39, 0.29) is 0 Å². The molecule has 0 unspecified atom stereocenters. The smallest absolute Gasteiger partial charge is 0.152 e. The molecule has 1 aromatic carbocycles. The van der Waals surface area contributed by atoms with Crippen LogP contribution in [0.3, 0.4) is 0 Å². The van der Waals surface area contributed by atoms with Crippen LogP contribution < -0.4 is 5.73 Å². The van der Waals surface area contributed by atoms with Crippen LogP contribution in [-0.4, -0.2) is 9.97 Å². The highest BCUT2D eigenvalue weighted by molar-refractivity contribution is 6.30. The molecule has 16 heavy (non-hydrogen) atoms. The molecule has 0 aliphatic rings. The summed E-state index contributed by atoms with van der Waals surface area (Å²) in [5, 5.41) is 0.456. The minimum Gasteiger partial charge on any atom is -0.339 e. The van der Waals surface area contributed by atoms with Gasteiger partial charge in [0.25, 0.3) is 0 Å². The van der Waals surface area contributed by atoms with Gasteiger partial charge >= 0.3 is 0 Å². The van der Waals surface area contributed by atoms with Gasteiger partial charge < -0.3 is 10.7 Å². The van der Waals surface area contributed by atoms with E-state index >= 15 is 0 Å². The lowest BCUT2D eigenvalue weighted by Gasteiger charge is -2.03. The maximum Gasteiger partial charge on any atom is 0.152 e. The molecule has 0 aliphatic carbocycles. The molecule has 1 heterocycles. The van der Waals surface area contributed by atoms with Gasteiger partial charge in [-0.1, -0.05) is 35.4 Å². The fraction of sp³-hybridized carbons (Fsp3) is 0.250. The molecular weight excluding hydrogens is 222 g/mol. The van der Waals surface area contributed by atoms with Crippen LogP contribution in [0.4, 0.5) is 0 Å². The minimum absolute atomic E-state index is 0.372. The van der Waals surface area contributed by atoms with Crippen molar-refractivity contribution in [1.29, 1.82) is 0 Å². The summed E-state index contributed by atoms with van der Waals surface area (Å²) in [6.07, 6.45) is 0. The first kappa shape index (κ1) is 11.2. The quantitative estimate of drug-likeness (QED) is 0.841. The van der Waals surface area contributed by atoms with Crippen molar-refractivity contribution in [2.75, 3.05) is 0 Å². The van der Waals surface area contributed by atoms with E-state index in [1.54, 1.807) is 0 Å². The number of nitrogens with zero attached hydrogens (tertiary/aromatic N) is 1. The first-order valence-electron chi connectivity index (χ1n) is 5.14. The highest BCUT2D eigenvalue weighted by Crippen LogP contribution is 2.24. The number of nitrogens with one attached hydrogen (secondary N) is 1. The lowest BCUT2D eigenvalue weighted by molar-refractivity contribution is 1.01. The zero-order chi connectivity index (χ0) is 11.7. The standard InChI is InChI=1S/C12H14ClN3/c1-7-3-4-9(8(2)5-7)12-15-10(6-14)11(13)16-12/h3-5H,6,14H2,1-2H3,(H,15,16). The first-order chi connectivity index (χ1) is 7.61. The number of nitrogens with two attached hydrogens (primary N) is 1. The fourth-order valence-electron chi connectivity index (χ4n) is 1.73. The van der Waals surface area contributed by atoms with E-state index in [0.29, 0.717) is 11.7 Å². The molecule has 0 aliphatic heterocycles. The number of halogens is 1. The average molecular weight is 236 g/mol. The number of aromatic amines is 1. The summed E-state index contributed by atoms with van der Waals surface area (Å²) in [5.41, 5.74) is 9.79. The van der Waals surface area contributed by atoms with Crippen LogP contribution in [0.15, 0.2) is 18.2 Å². The lowest BCUT2D eigenvalue weighted by Crippen LogP contribution is -1.96. The Balaban J connectivity index is 2.50. The number of aryl methyl sites for hydroxylation is 2. The van der Waals surface area contributed by atoms with Gasteiger partial charge in [0.05, 0.1) is 5.69 Å². The van der Waals surface area contributed by atoms with Crippen molar-refractivity contribution in [3.63, 3.8) is 0 Å². The summed E-state index contributed by atoms with van der Waals surface area (Å²) in [4.78, 5) is 7.41. The Morgan fingerprint density at radius 2 is 2.12 bits per heavy atom.